The quantitative estimate of drug-likeness (QED) is 0.169. The first kappa shape index (κ1) is 35.5. The largest absolute Gasteiger partial charge is 0.309 e. The van der Waals surface area contributed by atoms with Crippen molar-refractivity contribution in [3.8, 4) is 56.7 Å². The Morgan fingerprint density at radius 2 is 0.917 bits per heavy atom. The zero-order valence-electron chi connectivity index (χ0n) is 33.7. The van der Waals surface area contributed by atoms with Crippen molar-refractivity contribution in [2.75, 3.05) is 0 Å². The van der Waals surface area contributed by atoms with Crippen molar-refractivity contribution in [1.29, 1.82) is 0 Å². The molecular formula is C55H41N5. The second-order valence-electron chi connectivity index (χ2n) is 16.5. The van der Waals surface area contributed by atoms with E-state index in [-0.39, 0.29) is 5.41 Å². The van der Waals surface area contributed by atoms with E-state index in [4.69, 9.17) is 15.0 Å². The van der Waals surface area contributed by atoms with Crippen LogP contribution >= 0.6 is 0 Å². The minimum atomic E-state index is 0.00140. The molecule has 3 heterocycles. The van der Waals surface area contributed by atoms with Gasteiger partial charge < -0.3 is 9.13 Å². The fourth-order valence-corrected chi connectivity index (χ4v) is 8.82. The van der Waals surface area contributed by atoms with E-state index in [1.807, 2.05) is 36.4 Å². The number of hydrogen-bond acceptors (Lipinski definition) is 3. The summed E-state index contributed by atoms with van der Waals surface area (Å²) in [5.74, 6) is 1.86. The summed E-state index contributed by atoms with van der Waals surface area (Å²) in [6.07, 6.45) is 0. The molecule has 60 heavy (non-hydrogen) atoms. The van der Waals surface area contributed by atoms with E-state index < -0.39 is 0 Å². The van der Waals surface area contributed by atoms with Crippen LogP contribution in [-0.2, 0) is 5.41 Å². The second-order valence-corrected chi connectivity index (χ2v) is 16.5. The third-order valence-corrected chi connectivity index (χ3v) is 11.7. The Labute approximate surface area is 348 Å². The van der Waals surface area contributed by atoms with E-state index >= 15 is 0 Å². The lowest BCUT2D eigenvalue weighted by atomic mass is 9.86. The molecule has 0 spiro atoms. The van der Waals surface area contributed by atoms with E-state index in [0.29, 0.717) is 17.5 Å². The fraction of sp³-hybridized carbons (Fsp3) is 0.0727. The van der Waals surface area contributed by atoms with Gasteiger partial charge in [-0.2, -0.15) is 0 Å². The molecule has 0 saturated carbocycles. The maximum absolute atomic E-state index is 5.33. The minimum absolute atomic E-state index is 0.00140. The molecule has 0 atom stereocenters. The third kappa shape index (κ3) is 5.89. The van der Waals surface area contributed by atoms with Crippen molar-refractivity contribution >= 4 is 43.6 Å². The molecule has 8 aromatic carbocycles. The summed E-state index contributed by atoms with van der Waals surface area (Å²) in [6.45, 7) is 6.83. The lowest BCUT2D eigenvalue weighted by molar-refractivity contribution is 0.591. The van der Waals surface area contributed by atoms with Crippen molar-refractivity contribution < 1.29 is 0 Å². The van der Waals surface area contributed by atoms with Crippen LogP contribution in [0.15, 0.2) is 194 Å². The van der Waals surface area contributed by atoms with Crippen molar-refractivity contribution in [3.05, 3.63) is 200 Å². The molecule has 0 saturated heterocycles. The number of benzene rings is 8. The summed E-state index contributed by atoms with van der Waals surface area (Å²) < 4.78 is 4.77. The first-order valence-electron chi connectivity index (χ1n) is 20.5. The van der Waals surface area contributed by atoms with Crippen LogP contribution in [0.4, 0.5) is 0 Å². The first-order chi connectivity index (χ1) is 29.4. The summed E-state index contributed by atoms with van der Waals surface area (Å²) in [6, 6.07) is 68.9. The van der Waals surface area contributed by atoms with E-state index in [1.165, 1.54) is 32.6 Å². The highest BCUT2D eigenvalue weighted by molar-refractivity contribution is 6.16. The summed E-state index contributed by atoms with van der Waals surface area (Å²) in [5.41, 5.74) is 13.0. The van der Waals surface area contributed by atoms with Gasteiger partial charge in [0.05, 0.1) is 27.8 Å². The third-order valence-electron chi connectivity index (χ3n) is 11.7. The van der Waals surface area contributed by atoms with Crippen molar-refractivity contribution in [2.24, 2.45) is 0 Å². The molecule has 0 radical (unpaired) electrons. The standard InChI is InChI=1S/C55H41N5/c1-55(2,3)39-31-33-48-44(35-39)42-24-13-15-27-46(42)60(48)49-32-30-38(41-26-17-29-50-51(41)43-25-14-16-28-47(43)59(50)40-22-11-6-12-23-40)34-45(49)54-57-52(36-18-7-4-8-19-36)56-53(58-54)37-20-9-5-10-21-37/h4-35H,1-3H3. The van der Waals surface area contributed by atoms with Crippen LogP contribution in [0, 0.1) is 0 Å². The molecule has 0 amide bonds. The van der Waals surface area contributed by atoms with Gasteiger partial charge in [0.15, 0.2) is 17.5 Å². The van der Waals surface area contributed by atoms with Gasteiger partial charge in [0, 0.05) is 43.9 Å². The Morgan fingerprint density at radius 3 is 1.58 bits per heavy atom. The van der Waals surface area contributed by atoms with E-state index in [2.05, 4.69) is 188 Å². The summed E-state index contributed by atoms with van der Waals surface area (Å²) in [4.78, 5) is 15.7. The van der Waals surface area contributed by atoms with Gasteiger partial charge in [-0.15, -0.1) is 0 Å². The Balaban J connectivity index is 1.23. The number of nitrogens with zero attached hydrogens (tertiary/aromatic N) is 5. The maximum atomic E-state index is 5.33. The second kappa shape index (κ2) is 14.0. The molecular weight excluding hydrogens is 731 g/mol. The zero-order chi connectivity index (χ0) is 40.4. The molecule has 11 aromatic rings. The average Bonchev–Trinajstić information content (AvgIpc) is 3.82. The highest BCUT2D eigenvalue weighted by atomic mass is 15.1. The number of aromatic nitrogens is 5. The monoisotopic (exact) mass is 771 g/mol. The van der Waals surface area contributed by atoms with Crippen LogP contribution in [0.5, 0.6) is 0 Å². The Kier molecular flexibility index (Phi) is 8.31. The minimum Gasteiger partial charge on any atom is -0.309 e. The molecule has 0 N–H and O–H groups in total. The molecule has 0 aliphatic rings. The van der Waals surface area contributed by atoms with Gasteiger partial charge >= 0.3 is 0 Å². The van der Waals surface area contributed by atoms with Crippen molar-refractivity contribution in [1.82, 2.24) is 24.1 Å². The Bertz CT molecular complexity index is 3330. The molecule has 0 fully saturated rings. The van der Waals surface area contributed by atoms with Crippen LogP contribution in [0.2, 0.25) is 0 Å². The predicted octanol–water partition coefficient (Wildman–Crippen LogP) is 14.0. The topological polar surface area (TPSA) is 48.5 Å². The lowest BCUT2D eigenvalue weighted by Crippen LogP contribution is -2.10. The van der Waals surface area contributed by atoms with Gasteiger partial charge in [0.2, 0.25) is 0 Å². The van der Waals surface area contributed by atoms with Crippen molar-refractivity contribution in [3.63, 3.8) is 0 Å². The SMILES string of the molecule is CC(C)(C)c1ccc2c(c1)c1ccccc1n2-c1ccc(-c2cccc3c2c2ccccc2n3-c2ccccc2)cc1-c1nc(-c2ccccc2)nc(-c2ccccc2)n1. The van der Waals surface area contributed by atoms with Gasteiger partial charge in [-0.3, -0.25) is 0 Å². The van der Waals surface area contributed by atoms with Crippen LogP contribution < -0.4 is 0 Å². The maximum Gasteiger partial charge on any atom is 0.166 e. The van der Waals surface area contributed by atoms with Gasteiger partial charge in [-0.05, 0) is 76.7 Å². The average molecular weight is 772 g/mol. The fourth-order valence-electron chi connectivity index (χ4n) is 8.82. The number of fused-ring (bicyclic) bond motifs is 6. The predicted molar refractivity (Wildman–Crippen MR) is 249 cm³/mol. The van der Waals surface area contributed by atoms with Gasteiger partial charge in [-0.1, -0.05) is 160 Å². The molecule has 0 bridgehead atoms. The van der Waals surface area contributed by atoms with E-state index in [1.54, 1.807) is 0 Å². The molecule has 0 unspecified atom stereocenters. The Hall–Kier alpha value is -7.63. The van der Waals surface area contributed by atoms with Crippen LogP contribution in [0.25, 0.3) is 100 Å². The molecule has 5 heteroatoms. The zero-order valence-corrected chi connectivity index (χ0v) is 33.7. The van der Waals surface area contributed by atoms with Gasteiger partial charge in [-0.25, -0.2) is 15.0 Å². The van der Waals surface area contributed by atoms with Gasteiger partial charge in [0.1, 0.15) is 0 Å². The molecule has 286 valence electrons. The van der Waals surface area contributed by atoms with E-state index in [0.717, 1.165) is 55.7 Å². The molecule has 11 rings (SSSR count). The molecule has 0 aliphatic carbocycles. The highest BCUT2D eigenvalue weighted by Crippen LogP contribution is 2.43. The van der Waals surface area contributed by atoms with Crippen LogP contribution in [-0.4, -0.2) is 24.1 Å². The van der Waals surface area contributed by atoms with E-state index in [9.17, 15) is 0 Å². The highest BCUT2D eigenvalue weighted by Gasteiger charge is 2.23. The summed E-state index contributed by atoms with van der Waals surface area (Å²) >= 11 is 0. The number of hydrogen-bond donors (Lipinski definition) is 0. The van der Waals surface area contributed by atoms with Gasteiger partial charge in [0.25, 0.3) is 0 Å². The summed E-state index contributed by atoms with van der Waals surface area (Å²) in [5, 5.41) is 4.83. The smallest absolute Gasteiger partial charge is 0.166 e. The summed E-state index contributed by atoms with van der Waals surface area (Å²) in [7, 11) is 0. The van der Waals surface area contributed by atoms with Crippen LogP contribution in [0.3, 0.4) is 0 Å². The first-order valence-corrected chi connectivity index (χ1v) is 20.5. The molecule has 3 aromatic heterocycles. The Morgan fingerprint density at radius 1 is 0.367 bits per heavy atom. The van der Waals surface area contributed by atoms with Crippen LogP contribution in [0.1, 0.15) is 26.3 Å². The normalized spacial score (nSPS) is 11.9. The number of para-hydroxylation sites is 3. The lowest BCUT2D eigenvalue weighted by Gasteiger charge is -2.19. The number of rotatable bonds is 6. The van der Waals surface area contributed by atoms with Crippen molar-refractivity contribution in [2.45, 2.75) is 26.2 Å². The molecule has 5 nitrogen and oxygen atoms in total. The molecule has 0 aliphatic heterocycles.